The molecule has 2 aliphatic rings. The van der Waals surface area contributed by atoms with Gasteiger partial charge in [-0.2, -0.15) is 0 Å². The quantitative estimate of drug-likeness (QED) is 0.693. The molecule has 0 bridgehead atoms. The third kappa shape index (κ3) is 1.85. The Balaban J connectivity index is 1.97. The molecule has 2 fully saturated rings. The van der Waals surface area contributed by atoms with Gasteiger partial charge in [0.2, 0.25) is 0 Å². The molecule has 1 saturated heterocycles. The van der Waals surface area contributed by atoms with Gasteiger partial charge < -0.3 is 4.74 Å². The van der Waals surface area contributed by atoms with E-state index in [0.29, 0.717) is 17.6 Å². The van der Waals surface area contributed by atoms with Crippen LogP contribution in [0.2, 0.25) is 0 Å². The topological polar surface area (TPSA) is 26.3 Å². The van der Waals surface area contributed by atoms with Crippen LogP contribution in [0.1, 0.15) is 40.0 Å². The van der Waals surface area contributed by atoms with Crippen molar-refractivity contribution < 1.29 is 9.53 Å². The lowest BCUT2D eigenvalue weighted by atomic mass is 9.84. The average molecular weight is 196 g/mol. The molecular formula is C12H20O2. The number of carbonyl (C=O) groups is 1. The first-order valence-electron chi connectivity index (χ1n) is 5.77. The molecule has 14 heavy (non-hydrogen) atoms. The van der Waals surface area contributed by atoms with Crippen molar-refractivity contribution in [3.63, 3.8) is 0 Å². The maximum Gasteiger partial charge on any atom is 0.139 e. The van der Waals surface area contributed by atoms with Gasteiger partial charge in [0.15, 0.2) is 0 Å². The highest BCUT2D eigenvalue weighted by Crippen LogP contribution is 2.38. The largest absolute Gasteiger partial charge is 0.375 e. The fourth-order valence-corrected chi connectivity index (χ4v) is 2.56. The normalized spacial score (nSPS) is 42.8. The SMILES string of the molecule is CC1OC(C)C(C(=O)CC2CC2)C1C. The zero-order chi connectivity index (χ0) is 10.3. The first kappa shape index (κ1) is 10.2. The summed E-state index contributed by atoms with van der Waals surface area (Å²) >= 11 is 0. The summed E-state index contributed by atoms with van der Waals surface area (Å²) in [5, 5.41) is 0. The summed E-state index contributed by atoms with van der Waals surface area (Å²) in [5.41, 5.74) is 0. The average Bonchev–Trinajstić information content (AvgIpc) is 2.83. The van der Waals surface area contributed by atoms with Gasteiger partial charge in [0.05, 0.1) is 12.2 Å². The molecule has 1 aliphatic carbocycles. The minimum absolute atomic E-state index is 0.131. The van der Waals surface area contributed by atoms with Crippen LogP contribution < -0.4 is 0 Å². The van der Waals surface area contributed by atoms with Gasteiger partial charge in [-0.25, -0.2) is 0 Å². The van der Waals surface area contributed by atoms with Crippen LogP contribution in [0.3, 0.4) is 0 Å². The van der Waals surface area contributed by atoms with Crippen LogP contribution in [0.15, 0.2) is 0 Å². The highest BCUT2D eigenvalue weighted by atomic mass is 16.5. The number of Topliss-reactive ketones (excluding diaryl/α,β-unsaturated/α-hetero) is 1. The summed E-state index contributed by atoms with van der Waals surface area (Å²) in [4.78, 5) is 12.0. The second-order valence-electron chi connectivity index (χ2n) is 5.05. The van der Waals surface area contributed by atoms with Gasteiger partial charge >= 0.3 is 0 Å². The Bertz CT molecular complexity index is 232. The van der Waals surface area contributed by atoms with E-state index in [-0.39, 0.29) is 18.1 Å². The van der Waals surface area contributed by atoms with E-state index in [1.54, 1.807) is 0 Å². The predicted octanol–water partition coefficient (Wildman–Crippen LogP) is 2.42. The van der Waals surface area contributed by atoms with Crippen LogP contribution >= 0.6 is 0 Å². The number of ketones is 1. The number of hydrogen-bond acceptors (Lipinski definition) is 2. The smallest absolute Gasteiger partial charge is 0.139 e. The van der Waals surface area contributed by atoms with Gasteiger partial charge in [0.25, 0.3) is 0 Å². The molecule has 0 aromatic rings. The number of hydrogen-bond donors (Lipinski definition) is 0. The summed E-state index contributed by atoms with van der Waals surface area (Å²) in [7, 11) is 0. The molecule has 4 atom stereocenters. The van der Waals surface area contributed by atoms with Crippen LogP contribution in [0.4, 0.5) is 0 Å². The molecule has 0 amide bonds. The van der Waals surface area contributed by atoms with Crippen LogP contribution in [-0.2, 0) is 9.53 Å². The molecule has 0 aromatic heterocycles. The predicted molar refractivity (Wildman–Crippen MR) is 55.0 cm³/mol. The Morgan fingerprint density at radius 1 is 1.21 bits per heavy atom. The molecule has 0 radical (unpaired) electrons. The first-order chi connectivity index (χ1) is 6.59. The van der Waals surface area contributed by atoms with E-state index < -0.39 is 0 Å². The van der Waals surface area contributed by atoms with Crippen molar-refractivity contribution in [2.24, 2.45) is 17.8 Å². The third-order valence-corrected chi connectivity index (χ3v) is 3.80. The molecule has 2 nitrogen and oxygen atoms in total. The summed E-state index contributed by atoms with van der Waals surface area (Å²) < 4.78 is 5.69. The molecule has 0 N–H and O–H groups in total. The summed E-state index contributed by atoms with van der Waals surface area (Å²) in [6, 6.07) is 0. The minimum Gasteiger partial charge on any atom is -0.375 e. The highest BCUT2D eigenvalue weighted by molar-refractivity contribution is 5.82. The van der Waals surface area contributed by atoms with Gasteiger partial charge in [0.1, 0.15) is 5.78 Å². The van der Waals surface area contributed by atoms with Gasteiger partial charge in [-0.1, -0.05) is 6.92 Å². The van der Waals surface area contributed by atoms with Crippen molar-refractivity contribution in [1.82, 2.24) is 0 Å². The molecular weight excluding hydrogens is 176 g/mol. The second-order valence-corrected chi connectivity index (χ2v) is 5.05. The zero-order valence-corrected chi connectivity index (χ0v) is 9.32. The second kappa shape index (κ2) is 3.65. The van der Waals surface area contributed by atoms with Gasteiger partial charge in [-0.3, -0.25) is 4.79 Å². The summed E-state index contributed by atoms with van der Waals surface area (Å²) in [6.07, 6.45) is 3.70. The lowest BCUT2D eigenvalue weighted by Gasteiger charge is -2.16. The van der Waals surface area contributed by atoms with Crippen LogP contribution in [-0.4, -0.2) is 18.0 Å². The van der Waals surface area contributed by atoms with Crippen LogP contribution in [0.25, 0.3) is 0 Å². The molecule has 2 heteroatoms. The molecule has 0 aromatic carbocycles. The Kier molecular flexibility index (Phi) is 2.65. The van der Waals surface area contributed by atoms with E-state index in [9.17, 15) is 4.79 Å². The molecule has 4 unspecified atom stereocenters. The van der Waals surface area contributed by atoms with Gasteiger partial charge in [0, 0.05) is 12.3 Å². The van der Waals surface area contributed by atoms with Crippen molar-refractivity contribution >= 4 is 5.78 Å². The maximum absolute atomic E-state index is 12.0. The van der Waals surface area contributed by atoms with Crippen LogP contribution in [0.5, 0.6) is 0 Å². The molecule has 1 heterocycles. The van der Waals surface area contributed by atoms with E-state index >= 15 is 0 Å². The highest BCUT2D eigenvalue weighted by Gasteiger charge is 2.42. The Labute approximate surface area is 86.0 Å². The van der Waals surface area contributed by atoms with Crippen molar-refractivity contribution in [2.75, 3.05) is 0 Å². The van der Waals surface area contributed by atoms with Crippen molar-refractivity contribution in [1.29, 1.82) is 0 Å². The number of rotatable bonds is 3. The summed E-state index contributed by atoms with van der Waals surface area (Å²) in [6.45, 7) is 6.25. The number of ether oxygens (including phenoxy) is 1. The Morgan fingerprint density at radius 3 is 2.29 bits per heavy atom. The zero-order valence-electron chi connectivity index (χ0n) is 9.32. The standard InChI is InChI=1S/C12H20O2/c1-7-8(2)14-9(3)12(7)11(13)6-10-4-5-10/h7-10,12H,4-6H2,1-3H3. The summed E-state index contributed by atoms with van der Waals surface area (Å²) in [5.74, 6) is 1.71. The molecule has 0 spiro atoms. The monoisotopic (exact) mass is 196 g/mol. The Hall–Kier alpha value is -0.370. The van der Waals surface area contributed by atoms with E-state index in [0.717, 1.165) is 6.42 Å². The first-order valence-corrected chi connectivity index (χ1v) is 5.77. The van der Waals surface area contributed by atoms with E-state index in [4.69, 9.17) is 4.74 Å². The fraction of sp³-hybridized carbons (Fsp3) is 0.917. The third-order valence-electron chi connectivity index (χ3n) is 3.80. The van der Waals surface area contributed by atoms with Crippen molar-refractivity contribution in [3.8, 4) is 0 Å². The molecule has 2 rings (SSSR count). The van der Waals surface area contributed by atoms with Crippen molar-refractivity contribution in [2.45, 2.75) is 52.2 Å². The number of carbonyl (C=O) groups excluding carboxylic acids is 1. The lowest BCUT2D eigenvalue weighted by Crippen LogP contribution is -2.26. The van der Waals surface area contributed by atoms with E-state index in [2.05, 4.69) is 13.8 Å². The minimum atomic E-state index is 0.131. The molecule has 1 aliphatic heterocycles. The fourth-order valence-electron chi connectivity index (χ4n) is 2.56. The van der Waals surface area contributed by atoms with Gasteiger partial charge in [-0.05, 0) is 38.5 Å². The van der Waals surface area contributed by atoms with Crippen molar-refractivity contribution in [3.05, 3.63) is 0 Å². The molecule has 80 valence electrons. The van der Waals surface area contributed by atoms with E-state index in [1.807, 2.05) is 6.92 Å². The van der Waals surface area contributed by atoms with Gasteiger partial charge in [-0.15, -0.1) is 0 Å². The maximum atomic E-state index is 12.0. The Morgan fingerprint density at radius 2 is 1.86 bits per heavy atom. The van der Waals surface area contributed by atoms with Crippen LogP contribution in [0, 0.1) is 17.8 Å². The van der Waals surface area contributed by atoms with E-state index in [1.165, 1.54) is 12.8 Å². The molecule has 1 saturated carbocycles. The lowest BCUT2D eigenvalue weighted by molar-refractivity contribution is -0.125.